The highest BCUT2D eigenvalue weighted by atomic mass is 79.9. The summed E-state index contributed by atoms with van der Waals surface area (Å²) in [5.41, 5.74) is 2.75. The Bertz CT molecular complexity index is 487. The fraction of sp³-hybridized carbons (Fsp3) is 0.308. The first-order chi connectivity index (χ1) is 7.84. The van der Waals surface area contributed by atoms with E-state index < -0.39 is 0 Å². The number of benzene rings is 1. The molecule has 0 fully saturated rings. The van der Waals surface area contributed by atoms with Crippen LogP contribution in [0.4, 0.5) is 0 Å². The first kappa shape index (κ1) is 10.1. The van der Waals surface area contributed by atoms with E-state index in [4.69, 9.17) is 0 Å². The molecule has 3 heteroatoms. The molecule has 1 unspecified atom stereocenters. The van der Waals surface area contributed by atoms with Crippen molar-refractivity contribution >= 4 is 15.9 Å². The third kappa shape index (κ3) is 1.69. The molecule has 2 heterocycles. The SMILES string of the molecule is Brc1ccc(C2CCCn3cncc32)cc1. The molecule has 0 N–H and O–H groups in total. The monoisotopic (exact) mass is 276 g/mol. The highest BCUT2D eigenvalue weighted by molar-refractivity contribution is 9.10. The first-order valence-corrected chi connectivity index (χ1v) is 6.39. The van der Waals surface area contributed by atoms with Gasteiger partial charge in [0.2, 0.25) is 0 Å². The molecular weight excluding hydrogens is 264 g/mol. The second kappa shape index (κ2) is 4.06. The highest BCUT2D eigenvalue weighted by Crippen LogP contribution is 2.33. The lowest BCUT2D eigenvalue weighted by Gasteiger charge is -2.24. The zero-order valence-electron chi connectivity index (χ0n) is 8.94. The van der Waals surface area contributed by atoms with Crippen LogP contribution in [-0.4, -0.2) is 9.55 Å². The van der Waals surface area contributed by atoms with Gasteiger partial charge in [0.15, 0.2) is 0 Å². The lowest BCUT2D eigenvalue weighted by atomic mass is 9.89. The van der Waals surface area contributed by atoms with Crippen LogP contribution in [0.15, 0.2) is 41.3 Å². The maximum absolute atomic E-state index is 4.25. The van der Waals surface area contributed by atoms with Gasteiger partial charge in [0.05, 0.1) is 6.33 Å². The Morgan fingerprint density at radius 3 is 2.88 bits per heavy atom. The molecule has 1 aromatic carbocycles. The van der Waals surface area contributed by atoms with Crippen LogP contribution in [0, 0.1) is 0 Å². The van der Waals surface area contributed by atoms with Crippen molar-refractivity contribution in [1.29, 1.82) is 0 Å². The zero-order chi connectivity index (χ0) is 11.0. The quantitative estimate of drug-likeness (QED) is 0.779. The van der Waals surface area contributed by atoms with Crippen molar-refractivity contribution in [2.24, 2.45) is 0 Å². The zero-order valence-corrected chi connectivity index (χ0v) is 10.5. The van der Waals surface area contributed by atoms with Gasteiger partial charge in [-0.1, -0.05) is 28.1 Å². The highest BCUT2D eigenvalue weighted by Gasteiger charge is 2.21. The van der Waals surface area contributed by atoms with E-state index in [0.29, 0.717) is 5.92 Å². The summed E-state index contributed by atoms with van der Waals surface area (Å²) in [5.74, 6) is 0.518. The van der Waals surface area contributed by atoms with Crippen LogP contribution < -0.4 is 0 Å². The molecule has 0 spiro atoms. The van der Waals surface area contributed by atoms with E-state index in [1.165, 1.54) is 24.1 Å². The molecule has 1 aliphatic rings. The minimum atomic E-state index is 0.518. The predicted octanol–water partition coefficient (Wildman–Crippen LogP) is 3.57. The van der Waals surface area contributed by atoms with Gasteiger partial charge in [-0.15, -0.1) is 0 Å². The Hall–Kier alpha value is -1.09. The molecule has 0 bridgehead atoms. The number of halogens is 1. The third-order valence-corrected chi connectivity index (χ3v) is 3.79. The number of nitrogens with zero attached hydrogens (tertiary/aromatic N) is 2. The van der Waals surface area contributed by atoms with E-state index in [2.05, 4.69) is 49.7 Å². The summed E-state index contributed by atoms with van der Waals surface area (Å²) in [6.07, 6.45) is 6.42. The molecule has 2 aromatic rings. The Balaban J connectivity index is 2.00. The van der Waals surface area contributed by atoms with E-state index in [9.17, 15) is 0 Å². The van der Waals surface area contributed by atoms with Crippen LogP contribution in [0.3, 0.4) is 0 Å². The average Bonchev–Trinajstić information content (AvgIpc) is 2.78. The van der Waals surface area contributed by atoms with Gasteiger partial charge in [0.25, 0.3) is 0 Å². The molecule has 1 aromatic heterocycles. The maximum atomic E-state index is 4.25. The Morgan fingerprint density at radius 1 is 1.25 bits per heavy atom. The van der Waals surface area contributed by atoms with Crippen molar-refractivity contribution in [1.82, 2.24) is 9.55 Å². The molecule has 0 aliphatic carbocycles. The van der Waals surface area contributed by atoms with Crippen molar-refractivity contribution in [3.63, 3.8) is 0 Å². The summed E-state index contributed by atoms with van der Waals surface area (Å²) < 4.78 is 3.41. The Labute approximate surface area is 103 Å². The number of fused-ring (bicyclic) bond motifs is 1. The molecule has 1 aliphatic heterocycles. The fourth-order valence-electron chi connectivity index (χ4n) is 2.45. The summed E-state index contributed by atoms with van der Waals surface area (Å²) in [6.45, 7) is 1.11. The van der Waals surface area contributed by atoms with Crippen LogP contribution in [-0.2, 0) is 6.54 Å². The number of hydrogen-bond acceptors (Lipinski definition) is 1. The van der Waals surface area contributed by atoms with E-state index in [0.717, 1.165) is 11.0 Å². The molecule has 0 amide bonds. The summed E-state index contributed by atoms with van der Waals surface area (Å²) in [4.78, 5) is 4.25. The molecule has 3 rings (SSSR count). The van der Waals surface area contributed by atoms with Crippen molar-refractivity contribution < 1.29 is 0 Å². The molecule has 0 saturated heterocycles. The number of rotatable bonds is 1. The third-order valence-electron chi connectivity index (χ3n) is 3.27. The summed E-state index contributed by atoms with van der Waals surface area (Å²) in [5, 5.41) is 0. The summed E-state index contributed by atoms with van der Waals surface area (Å²) >= 11 is 3.48. The molecule has 0 saturated carbocycles. The number of aromatic nitrogens is 2. The van der Waals surface area contributed by atoms with Gasteiger partial charge in [-0.2, -0.15) is 0 Å². The van der Waals surface area contributed by atoms with Crippen molar-refractivity contribution in [2.45, 2.75) is 25.3 Å². The van der Waals surface area contributed by atoms with Crippen molar-refractivity contribution in [2.75, 3.05) is 0 Å². The molecule has 2 nitrogen and oxygen atoms in total. The van der Waals surface area contributed by atoms with Gasteiger partial charge < -0.3 is 4.57 Å². The van der Waals surface area contributed by atoms with Crippen LogP contribution in [0.5, 0.6) is 0 Å². The molecule has 1 atom stereocenters. The van der Waals surface area contributed by atoms with E-state index in [1.807, 2.05) is 12.5 Å². The largest absolute Gasteiger partial charge is 0.334 e. The van der Waals surface area contributed by atoms with Crippen LogP contribution in [0.25, 0.3) is 0 Å². The minimum Gasteiger partial charge on any atom is -0.334 e. The topological polar surface area (TPSA) is 17.8 Å². The maximum Gasteiger partial charge on any atom is 0.0948 e. The van der Waals surface area contributed by atoms with Gasteiger partial charge >= 0.3 is 0 Å². The average molecular weight is 277 g/mol. The van der Waals surface area contributed by atoms with Gasteiger partial charge in [-0.05, 0) is 30.5 Å². The number of aryl methyl sites for hydroxylation is 1. The Kier molecular flexibility index (Phi) is 2.56. The first-order valence-electron chi connectivity index (χ1n) is 5.60. The van der Waals surface area contributed by atoms with Crippen LogP contribution in [0.1, 0.15) is 30.0 Å². The molecule has 16 heavy (non-hydrogen) atoms. The van der Waals surface area contributed by atoms with Crippen molar-refractivity contribution in [3.05, 3.63) is 52.5 Å². The van der Waals surface area contributed by atoms with Gasteiger partial charge in [-0.3, -0.25) is 0 Å². The molecule has 0 radical (unpaired) electrons. The lowest BCUT2D eigenvalue weighted by Crippen LogP contribution is -2.15. The normalized spacial score (nSPS) is 19.4. The van der Waals surface area contributed by atoms with Gasteiger partial charge in [0.1, 0.15) is 0 Å². The van der Waals surface area contributed by atoms with E-state index in [1.54, 1.807) is 0 Å². The van der Waals surface area contributed by atoms with Gasteiger partial charge in [-0.25, -0.2) is 4.98 Å². The van der Waals surface area contributed by atoms with E-state index in [-0.39, 0.29) is 0 Å². The smallest absolute Gasteiger partial charge is 0.0948 e. The van der Waals surface area contributed by atoms with Crippen LogP contribution >= 0.6 is 15.9 Å². The predicted molar refractivity (Wildman–Crippen MR) is 67.4 cm³/mol. The number of imidazole rings is 1. The number of hydrogen-bond donors (Lipinski definition) is 0. The second-order valence-electron chi connectivity index (χ2n) is 4.26. The molecule has 82 valence electrons. The molecular formula is C13H13BrN2. The van der Waals surface area contributed by atoms with Gasteiger partial charge in [0, 0.05) is 28.8 Å². The standard InChI is InChI=1S/C13H13BrN2/c14-11-5-3-10(4-6-11)12-2-1-7-16-9-15-8-13(12)16/h3-6,8-9,12H,1-2,7H2. The summed E-state index contributed by atoms with van der Waals surface area (Å²) in [7, 11) is 0. The van der Waals surface area contributed by atoms with Crippen LogP contribution in [0.2, 0.25) is 0 Å². The second-order valence-corrected chi connectivity index (χ2v) is 5.17. The summed E-state index contributed by atoms with van der Waals surface area (Å²) in [6, 6.07) is 8.64. The van der Waals surface area contributed by atoms with Crippen molar-refractivity contribution in [3.8, 4) is 0 Å². The lowest BCUT2D eigenvalue weighted by molar-refractivity contribution is 0.491. The Morgan fingerprint density at radius 2 is 2.06 bits per heavy atom. The van der Waals surface area contributed by atoms with E-state index >= 15 is 0 Å². The minimum absolute atomic E-state index is 0.518. The fourth-order valence-corrected chi connectivity index (χ4v) is 2.72.